The molecule has 2 aliphatic rings. The van der Waals surface area contributed by atoms with E-state index in [-0.39, 0.29) is 14.9 Å². The van der Waals surface area contributed by atoms with Crippen molar-refractivity contribution in [3.8, 4) is 0 Å². The lowest BCUT2D eigenvalue weighted by Crippen LogP contribution is -2.19. The van der Waals surface area contributed by atoms with Crippen molar-refractivity contribution < 1.29 is 19.2 Å². The van der Waals surface area contributed by atoms with Gasteiger partial charge in [0, 0.05) is 11.4 Å². The number of thiazole rings is 1. The second kappa shape index (κ2) is 7.89. The molecule has 168 valence electrons. The molecule has 2 aromatic heterocycles. The summed E-state index contributed by atoms with van der Waals surface area (Å²) in [7, 11) is -3.67. The zero-order chi connectivity index (χ0) is 22.6. The van der Waals surface area contributed by atoms with Crippen molar-refractivity contribution >= 4 is 33.0 Å². The lowest BCUT2D eigenvalue weighted by Gasteiger charge is -2.15. The minimum Gasteiger partial charge on any atom is -0.390 e. The fourth-order valence-corrected chi connectivity index (χ4v) is 6.63. The second-order valence-corrected chi connectivity index (χ2v) is 11.6. The van der Waals surface area contributed by atoms with Gasteiger partial charge in [-0.3, -0.25) is 4.98 Å². The van der Waals surface area contributed by atoms with Crippen LogP contribution in [0.15, 0.2) is 8.57 Å². The topological polar surface area (TPSA) is 151 Å². The van der Waals surface area contributed by atoms with Gasteiger partial charge in [-0.1, -0.05) is 6.92 Å². The Kier molecular flexibility index (Phi) is 5.67. The summed E-state index contributed by atoms with van der Waals surface area (Å²) in [6, 6.07) is -0.809. The Morgan fingerprint density at radius 1 is 1.32 bits per heavy atom. The average Bonchev–Trinajstić information content (AvgIpc) is 3.39. The Bertz CT molecular complexity index is 1180. The lowest BCUT2D eigenvalue weighted by atomic mass is 10.0. The molecule has 2 atom stereocenters. The van der Waals surface area contributed by atoms with E-state index in [1.54, 1.807) is 0 Å². The first-order valence-corrected chi connectivity index (χ1v) is 12.6. The van der Waals surface area contributed by atoms with Gasteiger partial charge in [-0.25, -0.2) is 19.1 Å². The fraction of sp³-hybridized carbons (Fsp3) is 0.550. The highest BCUT2D eigenvalue weighted by atomic mass is 32.2. The van der Waals surface area contributed by atoms with Crippen LogP contribution < -0.4 is 10.5 Å². The number of amides is 2. The number of anilines is 1. The molecule has 0 spiro atoms. The molecule has 2 aliphatic carbocycles. The maximum absolute atomic E-state index is 13.1. The molecule has 1 unspecified atom stereocenters. The van der Waals surface area contributed by atoms with Crippen LogP contribution in [-0.2, 0) is 41.4 Å². The summed E-state index contributed by atoms with van der Waals surface area (Å²) >= 11 is 0.881. The number of carbonyl (C=O) groups excluding carboxylic acids is 1. The molecule has 2 aromatic rings. The zero-order valence-corrected chi connectivity index (χ0v) is 19.4. The number of aromatic nitrogens is 2. The van der Waals surface area contributed by atoms with E-state index < -0.39 is 28.2 Å². The van der Waals surface area contributed by atoms with Crippen LogP contribution >= 0.6 is 11.3 Å². The number of nitrogens with zero attached hydrogens (tertiary/aromatic N) is 3. The van der Waals surface area contributed by atoms with Crippen LogP contribution in [0.4, 0.5) is 10.5 Å². The summed E-state index contributed by atoms with van der Waals surface area (Å²) in [5.41, 5.74) is 3.55. The van der Waals surface area contributed by atoms with E-state index >= 15 is 0 Å². The number of nitrogens with two attached hydrogens (primary N) is 1. The van der Waals surface area contributed by atoms with E-state index in [4.69, 9.17) is 10.1 Å². The molecule has 9 nitrogen and oxygen atoms in total. The van der Waals surface area contributed by atoms with Gasteiger partial charge >= 0.3 is 6.03 Å². The van der Waals surface area contributed by atoms with Crippen LogP contribution in [0.3, 0.4) is 0 Å². The molecule has 11 heteroatoms. The number of hydrogen-bond donors (Lipinski definition) is 4. The normalized spacial score (nSPS) is 19.6. The predicted molar refractivity (Wildman–Crippen MR) is 118 cm³/mol. The largest absolute Gasteiger partial charge is 0.390 e. The van der Waals surface area contributed by atoms with E-state index in [1.807, 2.05) is 0 Å². The molecule has 0 fully saturated rings. The minimum absolute atomic E-state index is 0.0129. The van der Waals surface area contributed by atoms with E-state index in [2.05, 4.69) is 21.6 Å². The zero-order valence-electron chi connectivity index (χ0n) is 17.8. The second-order valence-electron chi connectivity index (χ2n) is 8.63. The molecule has 0 bridgehead atoms. The summed E-state index contributed by atoms with van der Waals surface area (Å²) in [6.07, 6.45) is 4.48. The summed E-state index contributed by atoms with van der Waals surface area (Å²) < 4.78 is 16.9. The summed E-state index contributed by atoms with van der Waals surface area (Å²) in [5, 5.41) is 28.8. The van der Waals surface area contributed by atoms with Gasteiger partial charge in [0.25, 0.3) is 0 Å². The quantitative estimate of drug-likeness (QED) is 0.545. The Morgan fingerprint density at radius 3 is 2.74 bits per heavy atom. The van der Waals surface area contributed by atoms with Gasteiger partial charge in [-0.15, -0.1) is 15.7 Å². The highest BCUT2D eigenvalue weighted by Crippen LogP contribution is 2.41. The van der Waals surface area contributed by atoms with Crippen LogP contribution in [0, 0.1) is 0 Å². The van der Waals surface area contributed by atoms with Crippen molar-refractivity contribution in [3.63, 3.8) is 0 Å². The van der Waals surface area contributed by atoms with Crippen LogP contribution in [0.5, 0.6) is 0 Å². The SMILES string of the molecule is CC1CCc2c1nc1c(c2NC(=O)N=[S@@](N)(=O)c2sc(C(C)(C)O)nc2CO)CCC1. The first kappa shape index (κ1) is 22.3. The van der Waals surface area contributed by atoms with Gasteiger partial charge in [-0.2, -0.15) is 0 Å². The van der Waals surface area contributed by atoms with E-state index in [0.29, 0.717) is 5.92 Å². The number of rotatable bonds is 4. The summed E-state index contributed by atoms with van der Waals surface area (Å²) in [4.78, 5) is 21.8. The molecule has 2 heterocycles. The number of aryl methyl sites for hydroxylation is 1. The molecule has 0 aliphatic heterocycles. The van der Waals surface area contributed by atoms with Gasteiger partial charge in [0.1, 0.15) is 14.8 Å². The Hall–Kier alpha value is -1.92. The third-order valence-corrected chi connectivity index (χ3v) is 9.08. The number of fused-ring (bicyclic) bond motifs is 2. The molecule has 2 amide bonds. The maximum atomic E-state index is 13.1. The molecule has 31 heavy (non-hydrogen) atoms. The van der Waals surface area contributed by atoms with Gasteiger partial charge in [0.05, 0.1) is 18.0 Å². The van der Waals surface area contributed by atoms with Crippen LogP contribution in [-0.4, -0.2) is 30.4 Å². The number of urea groups is 1. The number of aliphatic hydroxyl groups is 2. The van der Waals surface area contributed by atoms with Crippen LogP contribution in [0.25, 0.3) is 0 Å². The first-order valence-electron chi connectivity index (χ1n) is 10.2. The molecule has 0 radical (unpaired) electrons. The number of aliphatic hydroxyl groups excluding tert-OH is 1. The van der Waals surface area contributed by atoms with E-state index in [1.165, 1.54) is 13.8 Å². The molecule has 0 saturated carbocycles. The number of carbonyl (C=O) groups is 1. The monoisotopic (exact) mass is 465 g/mol. The number of hydrogen-bond acceptors (Lipinski definition) is 7. The van der Waals surface area contributed by atoms with Crippen molar-refractivity contribution in [2.45, 2.75) is 75.2 Å². The highest BCUT2D eigenvalue weighted by Gasteiger charge is 2.31. The van der Waals surface area contributed by atoms with Crippen molar-refractivity contribution in [1.29, 1.82) is 0 Å². The van der Waals surface area contributed by atoms with Gasteiger partial charge in [-0.05, 0) is 63.0 Å². The Labute approximate surface area is 185 Å². The fourth-order valence-electron chi connectivity index (χ4n) is 4.17. The van der Waals surface area contributed by atoms with Crippen molar-refractivity contribution in [2.24, 2.45) is 9.50 Å². The third kappa shape index (κ3) is 4.12. The first-order chi connectivity index (χ1) is 14.5. The average molecular weight is 466 g/mol. The molecule has 4 rings (SSSR count). The standard InChI is InChI=1S/C20H27N5O4S2/c1-10-7-8-12-15(10)22-13-6-4-5-11(13)16(12)24-19(27)25-31(21,29)17-14(9-26)23-18(30-17)20(2,3)28/h10,26,28H,4-9H2,1-3H3,(H3,21,22,24,25,27,29)/t10?,31-/m1/s1. The Morgan fingerprint density at radius 2 is 2.06 bits per heavy atom. The third-order valence-electron chi connectivity index (χ3n) is 5.70. The van der Waals surface area contributed by atoms with Crippen LogP contribution in [0.2, 0.25) is 0 Å². The summed E-state index contributed by atoms with van der Waals surface area (Å²) in [6.45, 7) is 4.63. The molecular weight excluding hydrogens is 438 g/mol. The molecule has 0 aromatic carbocycles. The summed E-state index contributed by atoms with van der Waals surface area (Å²) in [5.74, 6) is 0.330. The molecule has 5 N–H and O–H groups in total. The van der Waals surface area contributed by atoms with Crippen molar-refractivity contribution in [3.05, 3.63) is 33.2 Å². The molecule has 0 saturated heterocycles. The predicted octanol–water partition coefficient (Wildman–Crippen LogP) is 2.73. The highest BCUT2D eigenvalue weighted by molar-refractivity contribution is 7.93. The number of pyridine rings is 1. The Balaban J connectivity index is 1.71. The van der Waals surface area contributed by atoms with Gasteiger partial charge in [0.15, 0.2) is 9.92 Å². The van der Waals surface area contributed by atoms with E-state index in [9.17, 15) is 19.2 Å². The molecular formula is C20H27N5O4S2. The van der Waals surface area contributed by atoms with E-state index in [0.717, 1.165) is 71.6 Å². The van der Waals surface area contributed by atoms with Crippen molar-refractivity contribution in [2.75, 3.05) is 5.32 Å². The number of nitrogens with one attached hydrogen (secondary N) is 1. The van der Waals surface area contributed by atoms with Gasteiger partial charge < -0.3 is 15.5 Å². The smallest absolute Gasteiger partial charge is 0.354 e. The van der Waals surface area contributed by atoms with Crippen molar-refractivity contribution in [1.82, 2.24) is 9.97 Å². The van der Waals surface area contributed by atoms with Gasteiger partial charge in [0.2, 0.25) is 0 Å². The lowest BCUT2D eigenvalue weighted by molar-refractivity contribution is 0.0779. The maximum Gasteiger partial charge on any atom is 0.354 e. The van der Waals surface area contributed by atoms with Crippen LogP contribution in [0.1, 0.15) is 72.7 Å². The minimum atomic E-state index is -3.67.